The largest absolute Gasteiger partial charge is 0.379 e. The third-order valence-electron chi connectivity index (χ3n) is 5.81. The van der Waals surface area contributed by atoms with E-state index < -0.39 is 11.4 Å². The van der Waals surface area contributed by atoms with E-state index in [1.165, 1.54) is 18.2 Å². The number of aryl methyl sites for hydroxylation is 1. The van der Waals surface area contributed by atoms with Crippen molar-refractivity contribution in [2.45, 2.75) is 33.1 Å². The van der Waals surface area contributed by atoms with Gasteiger partial charge < -0.3 is 20.4 Å². The smallest absolute Gasteiger partial charge is 0.266 e. The van der Waals surface area contributed by atoms with Crippen LogP contribution in [0.4, 0.5) is 15.8 Å². The summed E-state index contributed by atoms with van der Waals surface area (Å²) in [7, 11) is 0. The Kier molecular flexibility index (Phi) is 8.51. The second kappa shape index (κ2) is 11.5. The van der Waals surface area contributed by atoms with Crippen LogP contribution in [0.25, 0.3) is 0 Å². The number of rotatable bonds is 8. The number of morpholine rings is 1. The number of nitriles is 1. The van der Waals surface area contributed by atoms with Crippen LogP contribution in [0.3, 0.4) is 0 Å². The van der Waals surface area contributed by atoms with E-state index in [9.17, 15) is 24.0 Å². The normalized spacial score (nSPS) is 13.8. The third-order valence-corrected chi connectivity index (χ3v) is 5.81. The predicted molar refractivity (Wildman–Crippen MR) is 125 cm³/mol. The summed E-state index contributed by atoms with van der Waals surface area (Å²) < 4.78 is 19.5. The first-order valence-electron chi connectivity index (χ1n) is 11.1. The number of amides is 2. The van der Waals surface area contributed by atoms with Gasteiger partial charge in [0, 0.05) is 43.9 Å². The first-order valence-corrected chi connectivity index (χ1v) is 11.1. The zero-order valence-corrected chi connectivity index (χ0v) is 19.3. The van der Waals surface area contributed by atoms with Crippen molar-refractivity contribution in [2.75, 3.05) is 43.5 Å². The molecule has 1 aromatic carbocycles. The van der Waals surface area contributed by atoms with Gasteiger partial charge in [-0.15, -0.1) is 0 Å². The number of pyridine rings is 1. The summed E-state index contributed by atoms with van der Waals surface area (Å²) in [5.41, 5.74) is 1.83. The summed E-state index contributed by atoms with van der Waals surface area (Å²) in [6, 6.07) is 5.87. The molecule has 0 saturated carbocycles. The van der Waals surface area contributed by atoms with Gasteiger partial charge in [0.2, 0.25) is 11.8 Å². The zero-order chi connectivity index (χ0) is 24.7. The van der Waals surface area contributed by atoms with Gasteiger partial charge in [0.25, 0.3) is 5.56 Å². The molecular formula is C24H28FN5O4. The Hall–Kier alpha value is -3.55. The van der Waals surface area contributed by atoms with Gasteiger partial charge in [0.15, 0.2) is 0 Å². The van der Waals surface area contributed by atoms with Crippen LogP contribution in [0.5, 0.6) is 0 Å². The number of nitrogens with zero attached hydrogens (tertiary/aromatic N) is 2. The van der Waals surface area contributed by atoms with E-state index in [1.807, 2.05) is 6.07 Å². The fraction of sp³-hybridized carbons (Fsp3) is 0.417. The quantitative estimate of drug-likeness (QED) is 0.544. The van der Waals surface area contributed by atoms with Gasteiger partial charge in [-0.1, -0.05) is 0 Å². The first-order chi connectivity index (χ1) is 16.3. The van der Waals surface area contributed by atoms with Crippen molar-refractivity contribution in [3.05, 3.63) is 56.8 Å². The molecule has 180 valence electrons. The second-order valence-corrected chi connectivity index (χ2v) is 8.16. The molecule has 0 spiro atoms. The number of ether oxygens (including phenoxy) is 1. The van der Waals surface area contributed by atoms with E-state index in [4.69, 9.17) is 4.74 Å². The molecule has 0 aliphatic carbocycles. The lowest BCUT2D eigenvalue weighted by Gasteiger charge is -2.26. The third kappa shape index (κ3) is 6.50. The van der Waals surface area contributed by atoms with Crippen molar-refractivity contribution in [3.63, 3.8) is 0 Å². The average Bonchev–Trinajstić information content (AvgIpc) is 2.80. The number of halogens is 1. The molecule has 0 bridgehead atoms. The number of hydrogen-bond donors (Lipinski definition) is 3. The fourth-order valence-electron chi connectivity index (χ4n) is 3.88. The number of carbonyl (C=O) groups excluding carboxylic acids is 2. The number of H-pyrrole nitrogens is 1. The van der Waals surface area contributed by atoms with E-state index in [0.717, 1.165) is 18.7 Å². The van der Waals surface area contributed by atoms with Gasteiger partial charge in [0.1, 0.15) is 17.4 Å². The fourth-order valence-corrected chi connectivity index (χ4v) is 3.88. The molecule has 2 amide bonds. The van der Waals surface area contributed by atoms with Crippen LogP contribution < -0.4 is 16.2 Å². The van der Waals surface area contributed by atoms with E-state index in [-0.39, 0.29) is 35.9 Å². The van der Waals surface area contributed by atoms with Gasteiger partial charge in [-0.05, 0) is 49.6 Å². The molecular weight excluding hydrogens is 441 g/mol. The molecule has 2 heterocycles. The lowest BCUT2D eigenvalue weighted by Crippen LogP contribution is -2.38. The maximum absolute atomic E-state index is 14.2. The number of carbonyl (C=O) groups is 2. The van der Waals surface area contributed by atoms with Crippen LogP contribution in [-0.4, -0.2) is 54.5 Å². The van der Waals surface area contributed by atoms with Crippen LogP contribution in [0.1, 0.15) is 35.2 Å². The van der Waals surface area contributed by atoms with E-state index in [0.29, 0.717) is 43.1 Å². The molecule has 1 fully saturated rings. The topological polar surface area (TPSA) is 127 Å². The molecule has 1 aliphatic rings. The molecule has 1 aliphatic heterocycles. The highest BCUT2D eigenvalue weighted by Gasteiger charge is 2.15. The number of aromatic nitrogens is 1. The van der Waals surface area contributed by atoms with E-state index in [1.54, 1.807) is 13.8 Å². The summed E-state index contributed by atoms with van der Waals surface area (Å²) in [5, 5.41) is 14.4. The highest BCUT2D eigenvalue weighted by Crippen LogP contribution is 2.21. The summed E-state index contributed by atoms with van der Waals surface area (Å²) in [5.74, 6) is -1.23. The van der Waals surface area contributed by atoms with Crippen molar-refractivity contribution in [1.29, 1.82) is 5.26 Å². The van der Waals surface area contributed by atoms with Crippen LogP contribution in [0.2, 0.25) is 0 Å². The lowest BCUT2D eigenvalue weighted by molar-refractivity contribution is -0.117. The zero-order valence-electron chi connectivity index (χ0n) is 19.3. The summed E-state index contributed by atoms with van der Waals surface area (Å²) in [4.78, 5) is 41.4. The summed E-state index contributed by atoms with van der Waals surface area (Å²) >= 11 is 0. The van der Waals surface area contributed by atoms with Crippen molar-refractivity contribution in [2.24, 2.45) is 0 Å². The number of aromatic amines is 1. The maximum atomic E-state index is 14.2. The standard InChI is InChI=1S/C24H28FN5O4/c1-15-18(16(2)27-24(33)19(15)14-26)4-6-22(31)28-17-3-5-20(25)21(13-17)29-23(32)7-8-30-9-11-34-12-10-30/h3,5,13H,4,6-12H2,1-2H3,(H,27,33)(H,28,31)(H,29,32). The minimum Gasteiger partial charge on any atom is -0.379 e. The van der Waals surface area contributed by atoms with E-state index in [2.05, 4.69) is 20.5 Å². The van der Waals surface area contributed by atoms with Gasteiger partial charge in [0.05, 0.1) is 18.9 Å². The Bertz CT molecular complexity index is 1170. The molecule has 3 N–H and O–H groups in total. The molecule has 34 heavy (non-hydrogen) atoms. The highest BCUT2D eigenvalue weighted by molar-refractivity contribution is 5.94. The second-order valence-electron chi connectivity index (χ2n) is 8.16. The Labute approximate surface area is 196 Å². The van der Waals surface area contributed by atoms with Crippen molar-refractivity contribution in [1.82, 2.24) is 9.88 Å². The highest BCUT2D eigenvalue weighted by atomic mass is 19.1. The Morgan fingerprint density at radius 3 is 2.59 bits per heavy atom. The van der Waals surface area contributed by atoms with Crippen molar-refractivity contribution >= 4 is 23.2 Å². The molecule has 0 atom stereocenters. The first kappa shape index (κ1) is 25.1. The molecule has 9 nitrogen and oxygen atoms in total. The van der Waals surface area contributed by atoms with Crippen LogP contribution in [0, 0.1) is 31.0 Å². The number of anilines is 2. The number of nitrogens with one attached hydrogen (secondary N) is 3. The maximum Gasteiger partial charge on any atom is 0.266 e. The van der Waals surface area contributed by atoms with Gasteiger partial charge in [-0.25, -0.2) is 4.39 Å². The van der Waals surface area contributed by atoms with Crippen LogP contribution >= 0.6 is 0 Å². The minimum absolute atomic E-state index is 0.00392. The molecule has 1 saturated heterocycles. The van der Waals surface area contributed by atoms with Crippen LogP contribution in [-0.2, 0) is 20.7 Å². The Morgan fingerprint density at radius 1 is 1.18 bits per heavy atom. The lowest BCUT2D eigenvalue weighted by atomic mass is 9.99. The summed E-state index contributed by atoms with van der Waals surface area (Å²) in [6.07, 6.45) is 0.636. The number of benzene rings is 1. The monoisotopic (exact) mass is 469 g/mol. The minimum atomic E-state index is -0.596. The molecule has 0 unspecified atom stereocenters. The van der Waals surface area contributed by atoms with Crippen molar-refractivity contribution in [3.8, 4) is 6.07 Å². The molecule has 2 aromatic rings. The Balaban J connectivity index is 1.57. The van der Waals surface area contributed by atoms with Gasteiger partial charge >= 0.3 is 0 Å². The molecule has 0 radical (unpaired) electrons. The number of hydrogen-bond acceptors (Lipinski definition) is 6. The molecule has 10 heteroatoms. The molecule has 1 aromatic heterocycles. The SMILES string of the molecule is Cc1[nH]c(=O)c(C#N)c(C)c1CCC(=O)Nc1ccc(F)c(NC(=O)CCN2CCOCC2)c1. The Morgan fingerprint density at radius 2 is 1.88 bits per heavy atom. The van der Waals surface area contributed by atoms with Crippen LogP contribution in [0.15, 0.2) is 23.0 Å². The van der Waals surface area contributed by atoms with Crippen molar-refractivity contribution < 1.29 is 18.7 Å². The van der Waals surface area contributed by atoms with Gasteiger partial charge in [-0.2, -0.15) is 5.26 Å². The average molecular weight is 470 g/mol. The summed E-state index contributed by atoms with van der Waals surface area (Å²) in [6.45, 7) is 6.76. The van der Waals surface area contributed by atoms with Gasteiger partial charge in [-0.3, -0.25) is 19.3 Å². The predicted octanol–water partition coefficient (Wildman–Crippen LogP) is 2.23. The van der Waals surface area contributed by atoms with E-state index >= 15 is 0 Å². The molecule has 3 rings (SSSR count).